The number of ether oxygens (including phenoxy) is 3. The maximum atomic E-state index is 13.6. The Morgan fingerprint density at radius 1 is 0.773 bits per heavy atom. The predicted molar refractivity (Wildman–Crippen MR) is 168 cm³/mol. The van der Waals surface area contributed by atoms with Gasteiger partial charge in [-0.2, -0.15) is 0 Å². The second-order valence-electron chi connectivity index (χ2n) is 11.3. The molecule has 8 nitrogen and oxygen atoms in total. The zero-order valence-corrected chi connectivity index (χ0v) is 24.6. The highest BCUT2D eigenvalue weighted by Crippen LogP contribution is 2.37. The summed E-state index contributed by atoms with van der Waals surface area (Å²) in [5.74, 6) is 2.26. The van der Waals surface area contributed by atoms with E-state index >= 15 is 0 Å². The number of hydrogen-bond donors (Lipinski definition) is 0. The molecule has 1 saturated heterocycles. The first-order valence-electron chi connectivity index (χ1n) is 14.9. The number of rotatable bonds is 6. The first-order valence-corrected chi connectivity index (χ1v) is 14.9. The fourth-order valence-corrected chi connectivity index (χ4v) is 5.87. The quantitative estimate of drug-likeness (QED) is 0.272. The number of carbonyl (C=O) groups is 2. The summed E-state index contributed by atoms with van der Waals surface area (Å²) in [5, 5.41) is 0. The van der Waals surface area contributed by atoms with Crippen LogP contribution < -0.4 is 19.1 Å². The third-order valence-corrected chi connectivity index (χ3v) is 8.21. The summed E-state index contributed by atoms with van der Waals surface area (Å²) in [5.41, 5.74) is 5.51. The number of nitrogens with zero attached hydrogens (tertiary/aromatic N) is 3. The first-order chi connectivity index (χ1) is 21.5. The third kappa shape index (κ3) is 5.76. The lowest BCUT2D eigenvalue weighted by atomic mass is 10.1. The van der Waals surface area contributed by atoms with Gasteiger partial charge in [-0.3, -0.25) is 19.4 Å². The SMILES string of the molecule is Cc1cccc(CN2C(=O)C(=Cc3ccc(C(=O)N4CCN(Cc5ccc6c(c5)OCO6)CC4)cc3)Oc3ccccc32)c1. The molecule has 0 aliphatic carbocycles. The number of para-hydroxylation sites is 2. The van der Waals surface area contributed by atoms with Gasteiger partial charge >= 0.3 is 0 Å². The molecule has 0 atom stereocenters. The standard InChI is InChI=1S/C36H33N3O5/c1-25-5-4-6-27(19-25)23-39-30-7-2-3-8-31(30)44-34(36(39)41)20-26-9-12-29(13-10-26)35(40)38-17-15-37(16-18-38)22-28-11-14-32-33(21-28)43-24-42-32/h2-14,19-21H,15-18,22-24H2,1H3. The van der Waals surface area contributed by atoms with Gasteiger partial charge in [0, 0.05) is 38.3 Å². The van der Waals surface area contributed by atoms with Gasteiger partial charge in [-0.05, 0) is 66.1 Å². The average molecular weight is 588 g/mol. The van der Waals surface area contributed by atoms with E-state index in [1.54, 1.807) is 11.0 Å². The van der Waals surface area contributed by atoms with Crippen LogP contribution in [-0.4, -0.2) is 54.6 Å². The van der Waals surface area contributed by atoms with Crippen LogP contribution in [0.4, 0.5) is 5.69 Å². The van der Waals surface area contributed by atoms with E-state index in [-0.39, 0.29) is 24.4 Å². The van der Waals surface area contributed by atoms with E-state index in [0.717, 1.165) is 53.5 Å². The maximum absolute atomic E-state index is 13.6. The molecule has 8 heteroatoms. The molecule has 3 aliphatic rings. The van der Waals surface area contributed by atoms with Crippen LogP contribution >= 0.6 is 0 Å². The highest BCUT2D eigenvalue weighted by atomic mass is 16.7. The molecular formula is C36H33N3O5. The van der Waals surface area contributed by atoms with Gasteiger partial charge in [-0.1, -0.05) is 60.2 Å². The molecule has 3 heterocycles. The van der Waals surface area contributed by atoms with E-state index in [2.05, 4.69) is 17.0 Å². The van der Waals surface area contributed by atoms with Crippen molar-refractivity contribution in [3.63, 3.8) is 0 Å². The Balaban J connectivity index is 1.00. The van der Waals surface area contributed by atoms with Crippen LogP contribution in [0.15, 0.2) is 96.8 Å². The first kappa shape index (κ1) is 27.7. The molecule has 4 aromatic rings. The molecule has 0 unspecified atom stereocenters. The molecule has 2 amide bonds. The van der Waals surface area contributed by atoms with Crippen LogP contribution in [0.3, 0.4) is 0 Å². The Kier molecular flexibility index (Phi) is 7.50. The van der Waals surface area contributed by atoms with Gasteiger partial charge in [0.05, 0.1) is 12.2 Å². The van der Waals surface area contributed by atoms with Gasteiger partial charge in [-0.15, -0.1) is 0 Å². The zero-order chi connectivity index (χ0) is 30.0. The van der Waals surface area contributed by atoms with Crippen molar-refractivity contribution in [3.05, 3.63) is 125 Å². The monoisotopic (exact) mass is 587 g/mol. The minimum absolute atomic E-state index is 0.00943. The highest BCUT2D eigenvalue weighted by Gasteiger charge is 2.30. The van der Waals surface area contributed by atoms with Crippen LogP contribution in [-0.2, 0) is 17.9 Å². The third-order valence-electron chi connectivity index (χ3n) is 8.21. The van der Waals surface area contributed by atoms with Gasteiger partial charge in [-0.25, -0.2) is 0 Å². The number of benzene rings is 4. The summed E-state index contributed by atoms with van der Waals surface area (Å²) in [7, 11) is 0. The number of hydrogen-bond acceptors (Lipinski definition) is 6. The number of carbonyl (C=O) groups excluding carboxylic acids is 2. The summed E-state index contributed by atoms with van der Waals surface area (Å²) in [4.78, 5) is 32.9. The molecule has 0 bridgehead atoms. The van der Waals surface area contributed by atoms with Gasteiger partial charge in [0.2, 0.25) is 6.79 Å². The molecule has 222 valence electrons. The van der Waals surface area contributed by atoms with E-state index in [4.69, 9.17) is 14.2 Å². The van der Waals surface area contributed by atoms with Crippen molar-refractivity contribution in [2.24, 2.45) is 0 Å². The van der Waals surface area contributed by atoms with Crippen molar-refractivity contribution in [1.29, 1.82) is 0 Å². The van der Waals surface area contributed by atoms with Gasteiger partial charge < -0.3 is 19.1 Å². The second-order valence-corrected chi connectivity index (χ2v) is 11.3. The highest BCUT2D eigenvalue weighted by molar-refractivity contribution is 6.09. The molecule has 0 spiro atoms. The van der Waals surface area contributed by atoms with E-state index < -0.39 is 0 Å². The fraction of sp³-hybridized carbons (Fsp3) is 0.222. The summed E-state index contributed by atoms with van der Waals surface area (Å²) in [6.45, 7) is 6.47. The summed E-state index contributed by atoms with van der Waals surface area (Å²) < 4.78 is 17.0. The molecule has 44 heavy (non-hydrogen) atoms. The van der Waals surface area contributed by atoms with Crippen LogP contribution in [0.2, 0.25) is 0 Å². The normalized spacial score (nSPS) is 17.0. The molecular weight excluding hydrogens is 554 g/mol. The zero-order valence-electron chi connectivity index (χ0n) is 24.6. The van der Waals surface area contributed by atoms with Crippen LogP contribution in [0.5, 0.6) is 17.2 Å². The Morgan fingerprint density at radius 2 is 1.55 bits per heavy atom. The minimum atomic E-state index is -0.205. The summed E-state index contributed by atoms with van der Waals surface area (Å²) in [6.07, 6.45) is 1.74. The van der Waals surface area contributed by atoms with E-state index in [0.29, 0.717) is 30.9 Å². The van der Waals surface area contributed by atoms with Crippen molar-refractivity contribution in [1.82, 2.24) is 9.80 Å². The minimum Gasteiger partial charge on any atom is -0.454 e. The summed E-state index contributed by atoms with van der Waals surface area (Å²) in [6, 6.07) is 29.1. The molecule has 0 N–H and O–H groups in total. The summed E-state index contributed by atoms with van der Waals surface area (Å²) >= 11 is 0. The number of amides is 2. The fourth-order valence-electron chi connectivity index (χ4n) is 5.87. The molecule has 0 radical (unpaired) electrons. The lowest BCUT2D eigenvalue weighted by Crippen LogP contribution is -2.48. The van der Waals surface area contributed by atoms with Crippen LogP contribution in [0.25, 0.3) is 6.08 Å². The van der Waals surface area contributed by atoms with Crippen molar-refractivity contribution in [2.45, 2.75) is 20.0 Å². The smallest absolute Gasteiger partial charge is 0.294 e. The second kappa shape index (κ2) is 11.9. The molecule has 0 saturated carbocycles. The van der Waals surface area contributed by atoms with Gasteiger partial charge in [0.25, 0.3) is 11.8 Å². The topological polar surface area (TPSA) is 71.6 Å². The van der Waals surface area contributed by atoms with Crippen molar-refractivity contribution in [2.75, 3.05) is 37.9 Å². The Labute approximate surface area is 256 Å². The Bertz CT molecular complexity index is 1740. The Hall–Kier alpha value is -5.08. The van der Waals surface area contributed by atoms with E-state index in [1.807, 2.05) is 90.7 Å². The van der Waals surface area contributed by atoms with Gasteiger partial charge in [0.15, 0.2) is 23.0 Å². The molecule has 7 rings (SSSR count). The number of anilines is 1. The van der Waals surface area contributed by atoms with E-state index in [9.17, 15) is 9.59 Å². The molecule has 3 aliphatic heterocycles. The van der Waals surface area contributed by atoms with Crippen molar-refractivity contribution >= 4 is 23.6 Å². The Morgan fingerprint density at radius 3 is 2.36 bits per heavy atom. The predicted octanol–water partition coefficient (Wildman–Crippen LogP) is 5.65. The van der Waals surface area contributed by atoms with E-state index in [1.165, 1.54) is 5.56 Å². The lowest BCUT2D eigenvalue weighted by molar-refractivity contribution is -0.117. The largest absolute Gasteiger partial charge is 0.454 e. The van der Waals surface area contributed by atoms with Crippen molar-refractivity contribution in [3.8, 4) is 17.2 Å². The average Bonchev–Trinajstić information content (AvgIpc) is 3.52. The van der Waals surface area contributed by atoms with Crippen LogP contribution in [0, 0.1) is 6.92 Å². The molecule has 4 aromatic carbocycles. The number of aryl methyl sites for hydroxylation is 1. The van der Waals surface area contributed by atoms with Gasteiger partial charge in [0.1, 0.15) is 0 Å². The molecule has 1 fully saturated rings. The number of piperazine rings is 1. The lowest BCUT2D eigenvalue weighted by Gasteiger charge is -2.34. The van der Waals surface area contributed by atoms with Crippen LogP contribution in [0.1, 0.15) is 32.6 Å². The van der Waals surface area contributed by atoms with Crippen molar-refractivity contribution < 1.29 is 23.8 Å². The number of fused-ring (bicyclic) bond motifs is 2. The molecule has 0 aromatic heterocycles. The maximum Gasteiger partial charge on any atom is 0.294 e.